The quantitative estimate of drug-likeness (QED) is 0.422. The Kier molecular flexibility index (Phi) is 5.09. The molecule has 3 aliphatic rings. The van der Waals surface area contributed by atoms with E-state index in [0.717, 1.165) is 23.2 Å². The van der Waals surface area contributed by atoms with E-state index in [-0.39, 0.29) is 28.8 Å². The molecule has 3 heterocycles. The van der Waals surface area contributed by atoms with E-state index in [0.29, 0.717) is 0 Å². The summed E-state index contributed by atoms with van der Waals surface area (Å²) in [6, 6.07) is -0.240. The first-order valence-electron chi connectivity index (χ1n) is 8.22. The normalized spacial score (nSPS) is 31.0. The first-order valence-corrected chi connectivity index (χ1v) is 10.3. The molecule has 0 aromatic carbocycles. The summed E-state index contributed by atoms with van der Waals surface area (Å²) in [6.45, 7) is 5.19. The number of aliphatic hydroxyl groups excluding tert-OH is 1. The maximum Gasteiger partial charge on any atom is 0.353 e. The van der Waals surface area contributed by atoms with Gasteiger partial charge in [0.05, 0.1) is 18.1 Å². The van der Waals surface area contributed by atoms with Gasteiger partial charge in [-0.25, -0.2) is 4.79 Å². The Morgan fingerprint density at radius 1 is 1.40 bits per heavy atom. The van der Waals surface area contributed by atoms with Crippen molar-refractivity contribution in [2.45, 2.75) is 31.2 Å². The topological polar surface area (TPSA) is 93.4 Å². The maximum absolute atomic E-state index is 12.3. The van der Waals surface area contributed by atoms with Gasteiger partial charge in [-0.1, -0.05) is 18.7 Å². The number of aliphatic hydroxyl groups is 1. The van der Waals surface area contributed by atoms with Gasteiger partial charge in [0.2, 0.25) is 5.91 Å². The Morgan fingerprint density at radius 3 is 2.52 bits per heavy atom. The first kappa shape index (κ1) is 18.6. The molecule has 0 aliphatic carbocycles. The largest absolute Gasteiger partial charge is 0.477 e. The van der Waals surface area contributed by atoms with Crippen LogP contribution in [0.3, 0.4) is 0 Å². The van der Waals surface area contributed by atoms with Gasteiger partial charge in [0.1, 0.15) is 5.70 Å². The number of β-lactam (4-membered cyclic amide) rings is 1. The molecule has 0 saturated carbocycles. The summed E-state index contributed by atoms with van der Waals surface area (Å²) in [7, 11) is 1.77. The van der Waals surface area contributed by atoms with E-state index >= 15 is 0 Å². The van der Waals surface area contributed by atoms with Crippen molar-refractivity contribution < 1.29 is 19.8 Å². The predicted molar refractivity (Wildman–Crippen MR) is 99.5 cm³/mol. The van der Waals surface area contributed by atoms with Gasteiger partial charge in [0.15, 0.2) is 5.17 Å². The molecule has 0 radical (unpaired) electrons. The van der Waals surface area contributed by atoms with E-state index in [9.17, 15) is 19.8 Å². The number of hydrogen-bond acceptors (Lipinski definition) is 6. The highest BCUT2D eigenvalue weighted by atomic mass is 32.2. The summed E-state index contributed by atoms with van der Waals surface area (Å²) >= 11 is 3.16. The van der Waals surface area contributed by atoms with Gasteiger partial charge in [0, 0.05) is 36.2 Å². The molecule has 0 unspecified atom stereocenters. The van der Waals surface area contributed by atoms with Crippen LogP contribution in [0.5, 0.6) is 0 Å². The second-order valence-electron chi connectivity index (χ2n) is 6.63. The lowest BCUT2D eigenvalue weighted by molar-refractivity contribution is -0.163. The van der Waals surface area contributed by atoms with Crippen LogP contribution in [0.25, 0.3) is 0 Å². The molecule has 2 fully saturated rings. The fourth-order valence-electron chi connectivity index (χ4n) is 3.89. The van der Waals surface area contributed by atoms with Crippen molar-refractivity contribution in [3.8, 4) is 0 Å². The van der Waals surface area contributed by atoms with Crippen LogP contribution < -0.4 is 0 Å². The molecule has 3 aliphatic heterocycles. The van der Waals surface area contributed by atoms with Crippen LogP contribution in [0.2, 0.25) is 0 Å². The summed E-state index contributed by atoms with van der Waals surface area (Å²) in [5, 5.41) is 20.8. The van der Waals surface area contributed by atoms with Crippen molar-refractivity contribution >= 4 is 40.6 Å². The fraction of sp³-hybridized carbons (Fsp3) is 0.688. The minimum Gasteiger partial charge on any atom is -0.477 e. The Bertz CT molecular complexity index is 658. The van der Waals surface area contributed by atoms with Gasteiger partial charge in [-0.2, -0.15) is 0 Å². The molecule has 2 N–H and O–H groups in total. The number of aliphatic imine (C=N–C) groups is 1. The molecular formula is C16H23N3O4S2. The molecule has 7 nitrogen and oxygen atoms in total. The van der Waals surface area contributed by atoms with E-state index in [4.69, 9.17) is 0 Å². The zero-order valence-corrected chi connectivity index (χ0v) is 16.3. The fourth-order valence-corrected chi connectivity index (χ4v) is 6.00. The molecular weight excluding hydrogens is 362 g/mol. The number of fused-ring (bicyclic) bond motifs is 1. The molecule has 0 spiro atoms. The molecule has 2 saturated heterocycles. The highest BCUT2D eigenvalue weighted by Gasteiger charge is 2.60. The standard InChI is InChI=1S/C16H23N3O4S2/c1-7-11-10(8(2)20)14(21)19(11)12(15(22)23)13(7)25-9-5-18(6-9)16(17-3)24-4/h7-11,20H,5-6H2,1-4H3,(H,22,23)/t7-,8-,10-,11-/m1/s1. The van der Waals surface area contributed by atoms with Crippen LogP contribution in [0.1, 0.15) is 13.8 Å². The number of carbonyl (C=O) groups excluding carboxylic acids is 1. The van der Waals surface area contributed by atoms with Crippen molar-refractivity contribution in [1.82, 2.24) is 9.80 Å². The van der Waals surface area contributed by atoms with E-state index in [1.807, 2.05) is 13.2 Å². The summed E-state index contributed by atoms with van der Waals surface area (Å²) in [6.07, 6.45) is 1.22. The van der Waals surface area contributed by atoms with Gasteiger partial charge >= 0.3 is 5.97 Å². The van der Waals surface area contributed by atoms with Gasteiger partial charge in [0.25, 0.3) is 0 Å². The molecule has 0 bridgehead atoms. The van der Waals surface area contributed by atoms with Crippen LogP contribution in [0.15, 0.2) is 15.6 Å². The number of carboxylic acids is 1. The van der Waals surface area contributed by atoms with Gasteiger partial charge in [-0.3, -0.25) is 9.79 Å². The zero-order valence-electron chi connectivity index (χ0n) is 14.7. The number of amides is 1. The molecule has 3 rings (SSSR count). The van der Waals surface area contributed by atoms with Gasteiger partial charge in [-0.05, 0) is 13.2 Å². The summed E-state index contributed by atoms with van der Waals surface area (Å²) in [5.41, 5.74) is 0.108. The number of likely N-dealkylation sites (tertiary alicyclic amines) is 1. The molecule has 138 valence electrons. The van der Waals surface area contributed by atoms with Gasteiger partial charge in [-0.15, -0.1) is 11.8 Å². The second kappa shape index (κ2) is 6.85. The minimum atomic E-state index is -1.06. The summed E-state index contributed by atoms with van der Waals surface area (Å²) in [4.78, 5) is 32.6. The number of amidine groups is 1. The number of aliphatic carboxylic acids is 1. The molecule has 25 heavy (non-hydrogen) atoms. The van der Waals surface area contributed by atoms with Crippen LogP contribution in [0.4, 0.5) is 0 Å². The SMILES string of the molecule is CN=C(SC)N1CC(SC2=C(C(=O)O)N3C(=O)[C@H]([C@@H](C)O)[C@H]3[C@H]2C)C1. The average Bonchev–Trinajstić information content (AvgIpc) is 2.74. The second-order valence-corrected chi connectivity index (χ2v) is 8.74. The van der Waals surface area contributed by atoms with Crippen molar-refractivity contribution in [2.24, 2.45) is 16.8 Å². The smallest absolute Gasteiger partial charge is 0.353 e. The van der Waals surface area contributed by atoms with Crippen molar-refractivity contribution in [1.29, 1.82) is 0 Å². The maximum atomic E-state index is 12.3. The molecule has 4 atom stereocenters. The number of rotatable bonds is 4. The van der Waals surface area contributed by atoms with Crippen LogP contribution >= 0.6 is 23.5 Å². The minimum absolute atomic E-state index is 0.0673. The van der Waals surface area contributed by atoms with Crippen molar-refractivity contribution in [3.05, 3.63) is 10.6 Å². The van der Waals surface area contributed by atoms with Gasteiger partial charge < -0.3 is 20.0 Å². The highest BCUT2D eigenvalue weighted by molar-refractivity contribution is 8.13. The van der Waals surface area contributed by atoms with Crippen LogP contribution in [0, 0.1) is 11.8 Å². The third-order valence-electron chi connectivity index (χ3n) is 5.10. The Balaban J connectivity index is 1.75. The number of carbonyl (C=O) groups is 2. The lowest BCUT2D eigenvalue weighted by Crippen LogP contribution is -2.63. The van der Waals surface area contributed by atoms with E-state index < -0.39 is 18.0 Å². The lowest BCUT2D eigenvalue weighted by atomic mass is 9.79. The number of thioether (sulfide) groups is 2. The number of nitrogens with zero attached hydrogens (tertiary/aromatic N) is 3. The summed E-state index contributed by atoms with van der Waals surface area (Å²) < 4.78 is 0. The van der Waals surface area contributed by atoms with Crippen molar-refractivity contribution in [3.63, 3.8) is 0 Å². The third-order valence-corrected chi connectivity index (χ3v) is 7.35. The average molecular weight is 386 g/mol. The molecule has 1 amide bonds. The highest BCUT2D eigenvalue weighted by Crippen LogP contribution is 2.51. The van der Waals surface area contributed by atoms with E-state index in [2.05, 4.69) is 9.89 Å². The number of hydrogen-bond donors (Lipinski definition) is 2. The molecule has 9 heteroatoms. The Morgan fingerprint density at radius 2 is 2.04 bits per heavy atom. The monoisotopic (exact) mass is 385 g/mol. The van der Waals surface area contributed by atoms with Crippen LogP contribution in [-0.2, 0) is 9.59 Å². The van der Waals surface area contributed by atoms with E-state index in [1.54, 1.807) is 37.5 Å². The Labute approximate surface area is 155 Å². The third kappa shape index (κ3) is 2.86. The van der Waals surface area contributed by atoms with Crippen molar-refractivity contribution in [2.75, 3.05) is 26.4 Å². The Hall–Kier alpha value is -1.19. The molecule has 0 aromatic heterocycles. The first-order chi connectivity index (χ1) is 11.8. The predicted octanol–water partition coefficient (Wildman–Crippen LogP) is 0.906. The molecule has 0 aromatic rings. The summed E-state index contributed by atoms with van der Waals surface area (Å²) in [5.74, 6) is -1.92. The zero-order chi connectivity index (χ0) is 18.5. The van der Waals surface area contributed by atoms with E-state index in [1.165, 1.54) is 4.90 Å². The lowest BCUT2D eigenvalue weighted by Gasteiger charge is -2.46. The number of carboxylic acid groups (broad SMARTS) is 1. The van der Waals surface area contributed by atoms with Crippen LogP contribution in [-0.4, -0.2) is 80.8 Å².